The largest absolute Gasteiger partial charge is 0.573 e. The Hall–Kier alpha value is -3.96. The summed E-state index contributed by atoms with van der Waals surface area (Å²) in [6, 6.07) is 7.37. The van der Waals surface area contributed by atoms with Gasteiger partial charge in [-0.05, 0) is 42.2 Å². The Balaban J connectivity index is 1.53. The first-order valence-corrected chi connectivity index (χ1v) is 11.2. The first-order chi connectivity index (χ1) is 16.9. The zero-order chi connectivity index (χ0) is 26.1. The van der Waals surface area contributed by atoms with Gasteiger partial charge in [0.15, 0.2) is 5.82 Å². The summed E-state index contributed by atoms with van der Waals surface area (Å²) in [4.78, 5) is 32.6. The van der Waals surface area contributed by atoms with Crippen LogP contribution in [0.4, 0.5) is 19.0 Å². The minimum atomic E-state index is -4.95. The lowest BCUT2D eigenvalue weighted by Gasteiger charge is -2.15. The van der Waals surface area contributed by atoms with E-state index in [4.69, 9.17) is 4.52 Å². The molecule has 0 atom stereocenters. The van der Waals surface area contributed by atoms with Crippen molar-refractivity contribution in [2.45, 2.75) is 51.9 Å². The Morgan fingerprint density at radius 1 is 1.11 bits per heavy atom. The lowest BCUT2D eigenvalue weighted by molar-refractivity contribution is -0.274. The van der Waals surface area contributed by atoms with Gasteiger partial charge in [-0.1, -0.05) is 38.1 Å². The molecule has 0 radical (unpaired) electrons. The number of aromatic nitrogens is 3. The topological polar surface area (TPSA) is 119 Å². The summed E-state index contributed by atoms with van der Waals surface area (Å²) in [6.07, 6.45) is -1.85. The van der Waals surface area contributed by atoms with Crippen molar-refractivity contribution >= 4 is 17.6 Å². The van der Waals surface area contributed by atoms with Gasteiger partial charge in [0, 0.05) is 29.6 Å². The fraction of sp³-hybridized carbons (Fsp3) is 0.375. The van der Waals surface area contributed by atoms with E-state index in [1.54, 1.807) is 18.2 Å². The molecule has 0 spiro atoms. The van der Waals surface area contributed by atoms with Crippen molar-refractivity contribution in [3.05, 3.63) is 53.8 Å². The van der Waals surface area contributed by atoms with Crippen LogP contribution in [0.1, 0.15) is 55.7 Å². The third-order valence-corrected chi connectivity index (χ3v) is 5.32. The molecule has 2 amide bonds. The van der Waals surface area contributed by atoms with Crippen LogP contribution >= 0.6 is 0 Å². The normalized spacial score (nSPS) is 13.8. The van der Waals surface area contributed by atoms with Gasteiger partial charge in [0.05, 0.1) is 0 Å². The summed E-state index contributed by atoms with van der Waals surface area (Å²) in [5, 5.41) is 8.94. The molecule has 190 valence electrons. The third kappa shape index (κ3) is 6.37. The van der Waals surface area contributed by atoms with Gasteiger partial charge in [0.2, 0.25) is 5.91 Å². The third-order valence-electron chi connectivity index (χ3n) is 5.32. The van der Waals surface area contributed by atoms with Crippen molar-refractivity contribution in [1.29, 1.82) is 0 Å². The Bertz CT molecular complexity index is 1280. The Kier molecular flexibility index (Phi) is 6.70. The molecule has 36 heavy (non-hydrogen) atoms. The van der Waals surface area contributed by atoms with Gasteiger partial charge in [-0.25, -0.2) is 4.98 Å². The fourth-order valence-corrected chi connectivity index (χ4v) is 3.22. The van der Waals surface area contributed by atoms with Gasteiger partial charge in [-0.2, -0.15) is 4.98 Å². The number of benzene rings is 1. The van der Waals surface area contributed by atoms with Crippen LogP contribution < -0.4 is 15.4 Å². The second-order valence-electron chi connectivity index (χ2n) is 9.42. The number of nitrogens with zero attached hydrogens (tertiary/aromatic N) is 3. The van der Waals surface area contributed by atoms with E-state index in [1.165, 1.54) is 18.3 Å². The maximum absolute atomic E-state index is 13.1. The van der Waals surface area contributed by atoms with Gasteiger partial charge >= 0.3 is 18.2 Å². The number of carbonyl (C=O) groups excluding carboxylic acids is 2. The average Bonchev–Trinajstić information content (AvgIpc) is 3.52. The number of amides is 2. The molecule has 0 aliphatic heterocycles. The van der Waals surface area contributed by atoms with Crippen LogP contribution in [-0.2, 0) is 16.8 Å². The number of hydrogen-bond acceptors (Lipinski definition) is 7. The van der Waals surface area contributed by atoms with Crippen molar-refractivity contribution in [3.63, 3.8) is 0 Å². The van der Waals surface area contributed by atoms with E-state index in [1.807, 2.05) is 20.8 Å². The minimum absolute atomic E-state index is 0.0241. The van der Waals surface area contributed by atoms with E-state index < -0.39 is 23.4 Å². The van der Waals surface area contributed by atoms with Gasteiger partial charge in [-0.15, -0.1) is 13.2 Å². The van der Waals surface area contributed by atoms with Crippen molar-refractivity contribution in [1.82, 2.24) is 20.4 Å². The van der Waals surface area contributed by atoms with Crippen molar-refractivity contribution < 1.29 is 32.0 Å². The predicted molar refractivity (Wildman–Crippen MR) is 122 cm³/mol. The van der Waals surface area contributed by atoms with Crippen LogP contribution in [0.2, 0.25) is 0 Å². The van der Waals surface area contributed by atoms with Crippen LogP contribution in [0.5, 0.6) is 5.75 Å². The van der Waals surface area contributed by atoms with E-state index >= 15 is 0 Å². The summed E-state index contributed by atoms with van der Waals surface area (Å²) in [5.41, 5.74) is 0.565. The molecule has 3 aromatic rings. The molecule has 4 rings (SSSR count). The van der Waals surface area contributed by atoms with E-state index in [9.17, 15) is 22.8 Å². The number of rotatable bonds is 7. The van der Waals surface area contributed by atoms with E-state index in [-0.39, 0.29) is 29.8 Å². The molecule has 1 saturated carbocycles. The maximum atomic E-state index is 13.1. The molecule has 1 aliphatic rings. The molecule has 1 aliphatic carbocycles. The summed E-state index contributed by atoms with van der Waals surface area (Å²) >= 11 is 0. The molecule has 0 bridgehead atoms. The summed E-state index contributed by atoms with van der Waals surface area (Å²) in [6.45, 7) is 5.24. The average molecular weight is 503 g/mol. The summed E-state index contributed by atoms with van der Waals surface area (Å²) < 4.78 is 48.6. The predicted octanol–water partition coefficient (Wildman–Crippen LogP) is 4.61. The number of ether oxygens (including phenoxy) is 1. The molecule has 0 saturated heterocycles. The van der Waals surface area contributed by atoms with Crippen molar-refractivity contribution in [3.8, 4) is 16.9 Å². The summed E-state index contributed by atoms with van der Waals surface area (Å²) in [7, 11) is 0. The number of pyridine rings is 1. The zero-order valence-corrected chi connectivity index (χ0v) is 19.8. The smallest absolute Gasteiger partial charge is 0.405 e. The molecule has 0 unspecified atom stereocenters. The molecule has 2 heterocycles. The van der Waals surface area contributed by atoms with Gasteiger partial charge in [-0.3, -0.25) is 9.59 Å². The molecular formula is C24H24F3N5O4. The summed E-state index contributed by atoms with van der Waals surface area (Å²) in [5.74, 6) is -1.05. The quantitative estimate of drug-likeness (QED) is 0.483. The van der Waals surface area contributed by atoms with E-state index in [0.717, 1.165) is 12.8 Å². The highest BCUT2D eigenvalue weighted by molar-refractivity contribution is 5.93. The second-order valence-corrected chi connectivity index (χ2v) is 9.42. The van der Waals surface area contributed by atoms with Crippen LogP contribution in [-0.4, -0.2) is 33.3 Å². The number of nitrogens with one attached hydrogen (secondary N) is 2. The first-order valence-electron chi connectivity index (χ1n) is 11.2. The van der Waals surface area contributed by atoms with Crippen LogP contribution in [0.25, 0.3) is 11.1 Å². The van der Waals surface area contributed by atoms with Crippen LogP contribution in [0, 0.1) is 5.92 Å². The number of hydrogen-bond donors (Lipinski definition) is 2. The number of alkyl halides is 3. The molecule has 1 fully saturated rings. The highest BCUT2D eigenvalue weighted by atomic mass is 19.4. The Labute approximate surface area is 204 Å². The highest BCUT2D eigenvalue weighted by Gasteiger charge is 2.33. The molecular weight excluding hydrogens is 479 g/mol. The maximum Gasteiger partial charge on any atom is 0.573 e. The van der Waals surface area contributed by atoms with E-state index in [0.29, 0.717) is 22.8 Å². The molecule has 12 heteroatoms. The first kappa shape index (κ1) is 25.1. The lowest BCUT2D eigenvalue weighted by atomic mass is 9.96. The van der Waals surface area contributed by atoms with Gasteiger partial charge in [0.1, 0.15) is 11.6 Å². The number of anilines is 1. The van der Waals surface area contributed by atoms with E-state index in [2.05, 4.69) is 30.5 Å². The number of carbonyl (C=O) groups is 2. The lowest BCUT2D eigenvalue weighted by Crippen LogP contribution is -2.25. The second kappa shape index (κ2) is 9.59. The molecule has 2 aromatic heterocycles. The van der Waals surface area contributed by atoms with Crippen LogP contribution in [0.15, 0.2) is 41.1 Å². The Morgan fingerprint density at radius 2 is 1.83 bits per heavy atom. The zero-order valence-electron chi connectivity index (χ0n) is 19.8. The van der Waals surface area contributed by atoms with Gasteiger partial charge in [0.25, 0.3) is 0 Å². The SMILES string of the molecule is CC(C)(C)c1noc(C(=O)NCc2ccc(-c3ccnc(NC(=O)C4CC4)c3)cc2OC(F)(F)F)n1. The van der Waals surface area contributed by atoms with Crippen LogP contribution in [0.3, 0.4) is 0 Å². The Morgan fingerprint density at radius 3 is 2.47 bits per heavy atom. The highest BCUT2D eigenvalue weighted by Crippen LogP contribution is 2.33. The van der Waals surface area contributed by atoms with Gasteiger partial charge < -0.3 is 19.9 Å². The van der Waals surface area contributed by atoms with Crippen molar-refractivity contribution in [2.24, 2.45) is 5.92 Å². The number of halogens is 3. The van der Waals surface area contributed by atoms with Crippen molar-refractivity contribution in [2.75, 3.05) is 5.32 Å². The fourth-order valence-electron chi connectivity index (χ4n) is 3.22. The monoisotopic (exact) mass is 503 g/mol. The molecule has 2 N–H and O–H groups in total. The molecule has 9 nitrogen and oxygen atoms in total. The minimum Gasteiger partial charge on any atom is -0.405 e. The standard InChI is InChI=1S/C24H24F3N5O4/c1-23(2,3)22-31-21(36-32-22)20(34)29-12-16-7-6-14(10-17(16)35-24(25,26)27)15-8-9-28-18(11-15)30-19(33)13-4-5-13/h6-11,13H,4-5,12H2,1-3H3,(H,29,34)(H,28,30,33). The molecule has 1 aromatic carbocycles.